The number of nitrogens with zero attached hydrogens (tertiary/aromatic N) is 1. The van der Waals surface area contributed by atoms with Gasteiger partial charge in [0.1, 0.15) is 11.2 Å². The van der Waals surface area contributed by atoms with E-state index in [9.17, 15) is 0 Å². The fourth-order valence-corrected chi connectivity index (χ4v) is 6.88. The number of hydrogen-bond donors (Lipinski definition) is 0. The van der Waals surface area contributed by atoms with Crippen molar-refractivity contribution in [3.05, 3.63) is 164 Å². The fourth-order valence-electron chi connectivity index (χ4n) is 6.88. The first kappa shape index (κ1) is 24.7. The Kier molecular flexibility index (Phi) is 5.54. The molecule has 2 heterocycles. The Morgan fingerprint density at radius 1 is 0.364 bits per heavy atom. The van der Waals surface area contributed by atoms with E-state index in [1.807, 2.05) is 12.1 Å². The molecule has 0 amide bonds. The minimum absolute atomic E-state index is 0.909. The summed E-state index contributed by atoms with van der Waals surface area (Å²) in [5.74, 6) is 0. The third-order valence-corrected chi connectivity index (χ3v) is 8.84. The minimum atomic E-state index is 0.909. The van der Waals surface area contributed by atoms with Gasteiger partial charge in [0, 0.05) is 32.8 Å². The molecule has 2 aromatic heterocycles. The van der Waals surface area contributed by atoms with Crippen LogP contribution in [0.15, 0.2) is 168 Å². The molecular weight excluding hydrogens is 534 g/mol. The van der Waals surface area contributed by atoms with Crippen LogP contribution in [-0.4, -0.2) is 4.57 Å². The Labute approximate surface area is 254 Å². The van der Waals surface area contributed by atoms with Crippen molar-refractivity contribution in [1.29, 1.82) is 0 Å². The zero-order valence-electron chi connectivity index (χ0n) is 23.9. The lowest BCUT2D eigenvalue weighted by molar-refractivity contribution is 0.670. The summed E-state index contributed by atoms with van der Waals surface area (Å²) in [5.41, 5.74) is 7.43. The average Bonchev–Trinajstić information content (AvgIpc) is 3.49. The summed E-state index contributed by atoms with van der Waals surface area (Å²) >= 11 is 0. The molecule has 0 aliphatic carbocycles. The maximum absolute atomic E-state index is 6.49. The molecule has 0 aliphatic rings. The summed E-state index contributed by atoms with van der Waals surface area (Å²) in [6, 6.07) is 58.7. The van der Waals surface area contributed by atoms with E-state index in [1.165, 1.54) is 32.3 Å². The molecule has 2 heteroatoms. The van der Waals surface area contributed by atoms with Gasteiger partial charge in [-0.2, -0.15) is 0 Å². The number of hydrogen-bond acceptors (Lipinski definition) is 1. The molecule has 206 valence electrons. The van der Waals surface area contributed by atoms with Crippen molar-refractivity contribution in [3.8, 4) is 16.8 Å². The van der Waals surface area contributed by atoms with Gasteiger partial charge in [-0.05, 0) is 63.5 Å². The monoisotopic (exact) mass is 561 g/mol. The molecule has 7 aromatic carbocycles. The van der Waals surface area contributed by atoms with Crippen LogP contribution < -0.4 is 0 Å². The van der Waals surface area contributed by atoms with E-state index in [4.69, 9.17) is 4.42 Å². The number of fused-ring (bicyclic) bond motifs is 10. The highest BCUT2D eigenvalue weighted by molar-refractivity contribution is 6.20. The van der Waals surface area contributed by atoms with Crippen LogP contribution in [0.4, 0.5) is 0 Å². The lowest BCUT2D eigenvalue weighted by Crippen LogP contribution is -1.97. The van der Waals surface area contributed by atoms with Gasteiger partial charge in [0.25, 0.3) is 0 Å². The smallest absolute Gasteiger partial charge is 0.143 e. The highest BCUT2D eigenvalue weighted by atomic mass is 16.3. The molecule has 0 saturated heterocycles. The standard InChI is InChI=1S/C42H27NO/c1-2-13-29(14-3-1)43-39-23-10-8-19-35(39)33-17-6-4-15-31(33)32-16-5-7-18-34(32)38-27-28(25-26-40(38)43)30-21-12-22-37-36-20-9-11-24-41(36)44-42(30)37/h1-27H. The van der Waals surface area contributed by atoms with Gasteiger partial charge < -0.3 is 8.98 Å². The molecule has 0 saturated carbocycles. The Hall–Kier alpha value is -5.86. The second-order valence-electron chi connectivity index (χ2n) is 11.3. The van der Waals surface area contributed by atoms with E-state index in [0.29, 0.717) is 0 Å². The van der Waals surface area contributed by atoms with Gasteiger partial charge in [0.05, 0.1) is 11.0 Å². The van der Waals surface area contributed by atoms with Gasteiger partial charge in [-0.1, -0.05) is 127 Å². The van der Waals surface area contributed by atoms with E-state index in [-0.39, 0.29) is 0 Å². The molecule has 0 radical (unpaired) electrons. The molecule has 0 spiro atoms. The van der Waals surface area contributed by atoms with Crippen molar-refractivity contribution in [2.45, 2.75) is 0 Å². The summed E-state index contributed by atoms with van der Waals surface area (Å²) in [6.45, 7) is 0. The van der Waals surface area contributed by atoms with Gasteiger partial charge in [-0.15, -0.1) is 0 Å². The van der Waals surface area contributed by atoms with Crippen LogP contribution in [0.1, 0.15) is 0 Å². The number of benzene rings is 7. The normalized spacial score (nSPS) is 11.6. The van der Waals surface area contributed by atoms with Crippen molar-refractivity contribution >= 4 is 65.3 Å². The van der Waals surface area contributed by atoms with E-state index in [0.717, 1.165) is 49.8 Å². The summed E-state index contributed by atoms with van der Waals surface area (Å²) in [5, 5.41) is 9.50. The van der Waals surface area contributed by atoms with E-state index >= 15 is 0 Å². The third-order valence-electron chi connectivity index (χ3n) is 8.84. The summed E-state index contributed by atoms with van der Waals surface area (Å²) in [7, 11) is 0. The number of para-hydroxylation sites is 4. The van der Waals surface area contributed by atoms with Crippen LogP contribution >= 0.6 is 0 Å². The molecule has 0 aliphatic heterocycles. The highest BCUT2D eigenvalue weighted by Gasteiger charge is 2.15. The summed E-state index contributed by atoms with van der Waals surface area (Å²) < 4.78 is 8.90. The Bertz CT molecular complexity index is 2600. The molecule has 0 atom stereocenters. The number of aromatic nitrogens is 1. The first-order valence-corrected chi connectivity index (χ1v) is 15.0. The Morgan fingerprint density at radius 3 is 1.66 bits per heavy atom. The zero-order valence-corrected chi connectivity index (χ0v) is 23.9. The lowest BCUT2D eigenvalue weighted by Gasteiger charge is -2.14. The van der Waals surface area contributed by atoms with Crippen LogP contribution in [0.5, 0.6) is 0 Å². The van der Waals surface area contributed by atoms with Crippen molar-refractivity contribution in [2.24, 2.45) is 0 Å². The van der Waals surface area contributed by atoms with Crippen molar-refractivity contribution < 1.29 is 4.42 Å². The van der Waals surface area contributed by atoms with Gasteiger partial charge in [-0.25, -0.2) is 0 Å². The second-order valence-corrected chi connectivity index (χ2v) is 11.3. The van der Waals surface area contributed by atoms with Gasteiger partial charge in [0.15, 0.2) is 0 Å². The molecule has 44 heavy (non-hydrogen) atoms. The van der Waals surface area contributed by atoms with Crippen molar-refractivity contribution in [2.75, 3.05) is 0 Å². The zero-order chi connectivity index (χ0) is 29.0. The number of furan rings is 1. The molecule has 0 unspecified atom stereocenters. The maximum Gasteiger partial charge on any atom is 0.143 e. The van der Waals surface area contributed by atoms with Crippen molar-refractivity contribution in [3.63, 3.8) is 0 Å². The SMILES string of the molecule is c1ccc(-n2c3ccccc3c3ccccc3c3ccccc3c3cc(-c4cccc5c4oc4ccccc45)ccc32)cc1. The van der Waals surface area contributed by atoms with Gasteiger partial charge in [0.2, 0.25) is 0 Å². The molecule has 9 rings (SSSR count). The minimum Gasteiger partial charge on any atom is -0.455 e. The highest BCUT2D eigenvalue weighted by Crippen LogP contribution is 2.39. The second kappa shape index (κ2) is 9.86. The molecule has 9 aromatic rings. The topological polar surface area (TPSA) is 18.1 Å². The van der Waals surface area contributed by atoms with E-state index in [1.54, 1.807) is 0 Å². The summed E-state index contributed by atoms with van der Waals surface area (Å²) in [6.07, 6.45) is 0. The molecule has 0 bridgehead atoms. The molecule has 0 N–H and O–H groups in total. The number of rotatable bonds is 2. The predicted molar refractivity (Wildman–Crippen MR) is 186 cm³/mol. The predicted octanol–water partition coefficient (Wildman–Crippen LogP) is 11.8. The van der Waals surface area contributed by atoms with Gasteiger partial charge in [-0.3, -0.25) is 0 Å². The van der Waals surface area contributed by atoms with Crippen LogP contribution in [0, 0.1) is 0 Å². The van der Waals surface area contributed by atoms with Crippen LogP contribution in [-0.2, 0) is 0 Å². The maximum atomic E-state index is 6.49. The molecular formula is C42H27NO. The van der Waals surface area contributed by atoms with Crippen molar-refractivity contribution in [1.82, 2.24) is 4.57 Å². The Balaban J connectivity index is 1.53. The summed E-state index contributed by atoms with van der Waals surface area (Å²) in [4.78, 5) is 0. The molecule has 0 fully saturated rings. The van der Waals surface area contributed by atoms with Crippen LogP contribution in [0.2, 0.25) is 0 Å². The first-order valence-electron chi connectivity index (χ1n) is 15.0. The van der Waals surface area contributed by atoms with E-state index < -0.39 is 0 Å². The van der Waals surface area contributed by atoms with E-state index in [2.05, 4.69) is 156 Å². The third kappa shape index (κ3) is 3.75. The lowest BCUT2D eigenvalue weighted by atomic mass is 9.98. The average molecular weight is 562 g/mol. The first-order chi connectivity index (χ1) is 21.8. The van der Waals surface area contributed by atoms with Crippen LogP contribution in [0.3, 0.4) is 0 Å². The largest absolute Gasteiger partial charge is 0.455 e. The van der Waals surface area contributed by atoms with Gasteiger partial charge >= 0.3 is 0 Å². The quantitative estimate of drug-likeness (QED) is 0.205. The fraction of sp³-hybridized carbons (Fsp3) is 0. The molecule has 2 nitrogen and oxygen atoms in total. The van der Waals surface area contributed by atoms with Crippen LogP contribution in [0.25, 0.3) is 82.1 Å². The Morgan fingerprint density at radius 2 is 0.909 bits per heavy atom.